The van der Waals surface area contributed by atoms with Crippen LogP contribution in [-0.4, -0.2) is 16.7 Å². The van der Waals surface area contributed by atoms with Crippen LogP contribution in [0.25, 0.3) is 10.9 Å². The van der Waals surface area contributed by atoms with Gasteiger partial charge in [-0.3, -0.25) is 0 Å². The highest BCUT2D eigenvalue weighted by Crippen LogP contribution is 2.30. The molecular formula is C14H19N3. The van der Waals surface area contributed by atoms with Gasteiger partial charge in [0, 0.05) is 11.3 Å². The number of benzene rings is 1. The molecule has 90 valence electrons. The summed E-state index contributed by atoms with van der Waals surface area (Å²) < 4.78 is 0. The number of nitrogens with two attached hydrogens (primary N) is 1. The van der Waals surface area contributed by atoms with E-state index >= 15 is 0 Å². The topological polar surface area (TPSA) is 51.8 Å². The van der Waals surface area contributed by atoms with Crippen molar-refractivity contribution in [1.29, 1.82) is 0 Å². The SMILES string of the molecule is Cc1nnc2ccccc2c1C(CN)C(C)C. The predicted octanol–water partition coefficient (Wildman–Crippen LogP) is 2.64. The summed E-state index contributed by atoms with van der Waals surface area (Å²) in [5.74, 6) is 0.849. The summed E-state index contributed by atoms with van der Waals surface area (Å²) in [7, 11) is 0. The van der Waals surface area contributed by atoms with Crippen molar-refractivity contribution in [1.82, 2.24) is 10.2 Å². The Morgan fingerprint density at radius 3 is 2.53 bits per heavy atom. The van der Waals surface area contributed by atoms with Crippen molar-refractivity contribution in [2.24, 2.45) is 11.7 Å². The largest absolute Gasteiger partial charge is 0.330 e. The van der Waals surface area contributed by atoms with Gasteiger partial charge in [0.05, 0.1) is 11.2 Å². The van der Waals surface area contributed by atoms with Gasteiger partial charge in [-0.2, -0.15) is 10.2 Å². The van der Waals surface area contributed by atoms with Crippen molar-refractivity contribution in [3.05, 3.63) is 35.5 Å². The third-order valence-corrected chi connectivity index (χ3v) is 3.32. The van der Waals surface area contributed by atoms with E-state index in [0.717, 1.165) is 11.2 Å². The zero-order valence-corrected chi connectivity index (χ0v) is 10.6. The van der Waals surface area contributed by atoms with Gasteiger partial charge in [-0.05, 0) is 31.0 Å². The Morgan fingerprint density at radius 2 is 1.88 bits per heavy atom. The Bertz CT molecular complexity index is 520. The van der Waals surface area contributed by atoms with Gasteiger partial charge in [-0.1, -0.05) is 32.0 Å². The number of fused-ring (bicyclic) bond motifs is 1. The van der Waals surface area contributed by atoms with E-state index in [1.165, 1.54) is 10.9 Å². The van der Waals surface area contributed by atoms with Crippen LogP contribution in [-0.2, 0) is 0 Å². The summed E-state index contributed by atoms with van der Waals surface area (Å²) >= 11 is 0. The molecule has 0 amide bonds. The van der Waals surface area contributed by atoms with Crippen LogP contribution in [0.1, 0.15) is 31.0 Å². The standard InChI is InChI=1S/C14H19N3/c1-9(2)12(8-15)14-10(3)16-17-13-7-5-4-6-11(13)14/h4-7,9,12H,8,15H2,1-3H3. The Hall–Kier alpha value is -1.48. The van der Waals surface area contributed by atoms with Gasteiger partial charge < -0.3 is 5.73 Å². The lowest BCUT2D eigenvalue weighted by molar-refractivity contribution is 0.505. The lowest BCUT2D eigenvalue weighted by atomic mass is 9.85. The molecule has 3 heteroatoms. The number of hydrogen-bond donors (Lipinski definition) is 1. The van der Waals surface area contributed by atoms with Crippen molar-refractivity contribution in [3.8, 4) is 0 Å². The van der Waals surface area contributed by atoms with Gasteiger partial charge in [0.25, 0.3) is 0 Å². The third kappa shape index (κ3) is 2.15. The summed E-state index contributed by atoms with van der Waals surface area (Å²) in [4.78, 5) is 0. The summed E-state index contributed by atoms with van der Waals surface area (Å²) in [6.07, 6.45) is 0. The summed E-state index contributed by atoms with van der Waals surface area (Å²) in [5.41, 5.74) is 9.12. The molecule has 0 aliphatic heterocycles. The molecule has 2 aromatic rings. The van der Waals surface area contributed by atoms with E-state index < -0.39 is 0 Å². The number of aromatic nitrogens is 2. The number of rotatable bonds is 3. The fraction of sp³-hybridized carbons (Fsp3) is 0.429. The molecule has 1 aromatic carbocycles. The van der Waals surface area contributed by atoms with Gasteiger partial charge in [0.2, 0.25) is 0 Å². The molecule has 1 unspecified atom stereocenters. The smallest absolute Gasteiger partial charge is 0.0932 e. The minimum absolute atomic E-state index is 0.343. The zero-order valence-electron chi connectivity index (χ0n) is 10.6. The van der Waals surface area contributed by atoms with E-state index in [2.05, 4.69) is 30.1 Å². The fourth-order valence-corrected chi connectivity index (χ4v) is 2.36. The molecule has 3 nitrogen and oxygen atoms in total. The maximum atomic E-state index is 5.92. The molecule has 0 fully saturated rings. The fourth-order valence-electron chi connectivity index (χ4n) is 2.36. The highest BCUT2D eigenvalue weighted by Gasteiger charge is 2.19. The molecule has 2 N–H and O–H groups in total. The highest BCUT2D eigenvalue weighted by molar-refractivity contribution is 5.82. The lowest BCUT2D eigenvalue weighted by Crippen LogP contribution is -2.20. The monoisotopic (exact) mass is 229 g/mol. The number of nitrogens with zero attached hydrogens (tertiary/aromatic N) is 2. The maximum absolute atomic E-state index is 5.92. The number of hydrogen-bond acceptors (Lipinski definition) is 3. The molecule has 0 saturated carbocycles. The molecule has 0 bridgehead atoms. The van der Waals surface area contributed by atoms with Gasteiger partial charge in [-0.25, -0.2) is 0 Å². The molecular weight excluding hydrogens is 210 g/mol. The lowest BCUT2D eigenvalue weighted by Gasteiger charge is -2.22. The average Bonchev–Trinajstić information content (AvgIpc) is 2.32. The molecule has 1 heterocycles. The summed E-state index contributed by atoms with van der Waals surface area (Å²) in [6.45, 7) is 7.06. The van der Waals surface area contributed by atoms with E-state index in [-0.39, 0.29) is 0 Å². The van der Waals surface area contributed by atoms with Crippen LogP contribution < -0.4 is 5.73 Å². The molecule has 0 radical (unpaired) electrons. The Balaban J connectivity index is 2.69. The van der Waals surface area contributed by atoms with E-state index in [1.54, 1.807) is 0 Å². The first kappa shape index (κ1) is 12.0. The van der Waals surface area contributed by atoms with E-state index in [4.69, 9.17) is 5.73 Å². The molecule has 2 rings (SSSR count). The van der Waals surface area contributed by atoms with E-state index in [0.29, 0.717) is 18.4 Å². The van der Waals surface area contributed by atoms with Crippen molar-refractivity contribution >= 4 is 10.9 Å². The van der Waals surface area contributed by atoms with Gasteiger partial charge in [0.15, 0.2) is 0 Å². The molecule has 17 heavy (non-hydrogen) atoms. The summed E-state index contributed by atoms with van der Waals surface area (Å²) in [5, 5.41) is 9.66. The van der Waals surface area contributed by atoms with E-state index in [9.17, 15) is 0 Å². The third-order valence-electron chi connectivity index (χ3n) is 3.32. The summed E-state index contributed by atoms with van der Waals surface area (Å²) in [6, 6.07) is 8.14. The second-order valence-corrected chi connectivity index (χ2v) is 4.80. The van der Waals surface area contributed by atoms with Crippen LogP contribution in [0.5, 0.6) is 0 Å². The molecule has 1 atom stereocenters. The Kier molecular flexibility index (Phi) is 3.38. The Morgan fingerprint density at radius 1 is 1.18 bits per heavy atom. The number of aryl methyl sites for hydroxylation is 1. The first-order chi connectivity index (χ1) is 8.15. The molecule has 0 aliphatic carbocycles. The predicted molar refractivity (Wildman–Crippen MR) is 70.9 cm³/mol. The first-order valence-electron chi connectivity index (χ1n) is 6.07. The highest BCUT2D eigenvalue weighted by atomic mass is 15.1. The van der Waals surface area contributed by atoms with Gasteiger partial charge >= 0.3 is 0 Å². The minimum atomic E-state index is 0.343. The van der Waals surface area contributed by atoms with Gasteiger partial charge in [0.1, 0.15) is 0 Å². The zero-order chi connectivity index (χ0) is 12.4. The molecule has 0 aliphatic rings. The van der Waals surface area contributed by atoms with Crippen molar-refractivity contribution in [2.45, 2.75) is 26.7 Å². The van der Waals surface area contributed by atoms with Crippen LogP contribution in [0.2, 0.25) is 0 Å². The molecule has 1 aromatic heterocycles. The van der Waals surface area contributed by atoms with Crippen molar-refractivity contribution < 1.29 is 0 Å². The maximum Gasteiger partial charge on any atom is 0.0932 e. The first-order valence-corrected chi connectivity index (χ1v) is 6.07. The quantitative estimate of drug-likeness (QED) is 0.880. The second kappa shape index (κ2) is 4.80. The van der Waals surface area contributed by atoms with Gasteiger partial charge in [-0.15, -0.1) is 0 Å². The molecule has 0 saturated heterocycles. The van der Waals surface area contributed by atoms with Crippen LogP contribution in [0.3, 0.4) is 0 Å². The normalized spacial score (nSPS) is 13.2. The van der Waals surface area contributed by atoms with Crippen LogP contribution >= 0.6 is 0 Å². The van der Waals surface area contributed by atoms with Crippen molar-refractivity contribution in [3.63, 3.8) is 0 Å². The van der Waals surface area contributed by atoms with Crippen LogP contribution in [0.15, 0.2) is 24.3 Å². The molecule has 0 spiro atoms. The van der Waals surface area contributed by atoms with Crippen LogP contribution in [0.4, 0.5) is 0 Å². The van der Waals surface area contributed by atoms with E-state index in [1.807, 2.05) is 25.1 Å². The van der Waals surface area contributed by atoms with Crippen molar-refractivity contribution in [2.75, 3.05) is 6.54 Å². The second-order valence-electron chi connectivity index (χ2n) is 4.80. The minimum Gasteiger partial charge on any atom is -0.330 e. The van der Waals surface area contributed by atoms with Crippen LogP contribution in [0, 0.1) is 12.8 Å². The Labute approximate surface area is 102 Å². The average molecular weight is 229 g/mol.